The largest absolute Gasteiger partial charge is 0.497 e. The van der Waals surface area contributed by atoms with Gasteiger partial charge in [-0.3, -0.25) is 9.89 Å². The van der Waals surface area contributed by atoms with Crippen LogP contribution in [0.5, 0.6) is 5.75 Å². The molecule has 1 unspecified atom stereocenters. The second-order valence-electron chi connectivity index (χ2n) is 6.55. The standard InChI is InChI=1S/C19H29F3N4O/c1-3-23-18(24-10-9-19(20,21)22)25-14-17(26-11-4-5-12-26)15-7-6-8-16(13-15)27-2/h6-8,13,17H,3-5,9-12,14H2,1-2H3,(H2,23,24,25). The molecule has 0 saturated carbocycles. The molecule has 0 aliphatic carbocycles. The first kappa shape index (κ1) is 21.3. The first-order chi connectivity index (χ1) is 12.9. The van der Waals surface area contributed by atoms with Crippen LogP contribution in [0.25, 0.3) is 0 Å². The van der Waals surface area contributed by atoms with E-state index in [1.165, 1.54) is 0 Å². The predicted octanol–water partition coefficient (Wildman–Crippen LogP) is 3.34. The van der Waals surface area contributed by atoms with Gasteiger partial charge in [0, 0.05) is 13.1 Å². The summed E-state index contributed by atoms with van der Waals surface area (Å²) in [5, 5.41) is 5.79. The lowest BCUT2D eigenvalue weighted by Gasteiger charge is -2.27. The van der Waals surface area contributed by atoms with Gasteiger partial charge in [-0.15, -0.1) is 0 Å². The molecule has 1 atom stereocenters. The fourth-order valence-electron chi connectivity index (χ4n) is 3.18. The van der Waals surface area contributed by atoms with E-state index in [2.05, 4.69) is 20.5 Å². The lowest BCUT2D eigenvalue weighted by molar-refractivity contribution is -0.132. The molecule has 0 radical (unpaired) electrons. The highest BCUT2D eigenvalue weighted by Gasteiger charge is 2.27. The van der Waals surface area contributed by atoms with Crippen molar-refractivity contribution in [3.8, 4) is 5.75 Å². The van der Waals surface area contributed by atoms with E-state index in [1.54, 1.807) is 7.11 Å². The highest BCUT2D eigenvalue weighted by atomic mass is 19.4. The summed E-state index contributed by atoms with van der Waals surface area (Å²) in [7, 11) is 1.63. The number of halogens is 3. The maximum atomic E-state index is 12.4. The summed E-state index contributed by atoms with van der Waals surface area (Å²) >= 11 is 0. The number of hydrogen-bond donors (Lipinski definition) is 2. The van der Waals surface area contributed by atoms with E-state index in [0.717, 1.165) is 37.2 Å². The van der Waals surface area contributed by atoms with Gasteiger partial charge in [-0.05, 0) is 50.6 Å². The Hall–Kier alpha value is -1.96. The van der Waals surface area contributed by atoms with Gasteiger partial charge in [-0.1, -0.05) is 12.1 Å². The summed E-state index contributed by atoms with van der Waals surface area (Å²) in [5.41, 5.74) is 1.10. The number of methoxy groups -OCH3 is 1. The molecule has 0 amide bonds. The molecule has 1 aromatic carbocycles. The van der Waals surface area contributed by atoms with Gasteiger partial charge < -0.3 is 15.4 Å². The molecule has 1 heterocycles. The monoisotopic (exact) mass is 386 g/mol. The average molecular weight is 386 g/mol. The summed E-state index contributed by atoms with van der Waals surface area (Å²) in [6, 6.07) is 7.97. The molecule has 1 aliphatic heterocycles. The topological polar surface area (TPSA) is 48.9 Å². The Bertz CT molecular complexity index is 601. The van der Waals surface area contributed by atoms with Crippen molar-refractivity contribution in [2.45, 2.75) is 38.4 Å². The van der Waals surface area contributed by atoms with Gasteiger partial charge in [0.1, 0.15) is 5.75 Å². The normalized spacial score (nSPS) is 17.0. The second kappa shape index (κ2) is 10.4. The first-order valence-electron chi connectivity index (χ1n) is 9.40. The van der Waals surface area contributed by atoms with Crippen molar-refractivity contribution in [3.63, 3.8) is 0 Å². The molecule has 0 bridgehead atoms. The highest BCUT2D eigenvalue weighted by Crippen LogP contribution is 2.28. The number of nitrogens with zero attached hydrogens (tertiary/aromatic N) is 2. The Labute approximate surface area is 159 Å². The van der Waals surface area contributed by atoms with Crippen LogP contribution in [0.2, 0.25) is 0 Å². The fraction of sp³-hybridized carbons (Fsp3) is 0.632. The van der Waals surface area contributed by atoms with Crippen molar-refractivity contribution in [2.75, 3.05) is 39.8 Å². The van der Waals surface area contributed by atoms with Gasteiger partial charge in [0.05, 0.1) is 26.1 Å². The van der Waals surface area contributed by atoms with E-state index in [4.69, 9.17) is 4.74 Å². The Kier molecular flexibility index (Phi) is 8.22. The summed E-state index contributed by atoms with van der Waals surface area (Å²) in [6.45, 7) is 4.74. The Morgan fingerprint density at radius 1 is 1.26 bits per heavy atom. The third-order valence-corrected chi connectivity index (χ3v) is 4.53. The highest BCUT2D eigenvalue weighted by molar-refractivity contribution is 5.79. The van der Waals surface area contributed by atoms with Crippen LogP contribution in [0.1, 0.15) is 37.8 Å². The maximum Gasteiger partial charge on any atom is 0.390 e. The van der Waals surface area contributed by atoms with Crippen LogP contribution in [0.4, 0.5) is 13.2 Å². The lowest BCUT2D eigenvalue weighted by Crippen LogP contribution is -2.39. The van der Waals surface area contributed by atoms with E-state index in [1.807, 2.05) is 31.2 Å². The zero-order valence-corrected chi connectivity index (χ0v) is 16.0. The van der Waals surface area contributed by atoms with E-state index in [-0.39, 0.29) is 12.6 Å². The molecular formula is C19H29F3N4O. The second-order valence-corrected chi connectivity index (χ2v) is 6.55. The lowest BCUT2D eigenvalue weighted by atomic mass is 10.1. The summed E-state index contributed by atoms with van der Waals surface area (Å²) < 4.78 is 42.5. The SMILES string of the molecule is CCNC(=NCC(c1cccc(OC)c1)N1CCCC1)NCCC(F)(F)F. The molecule has 152 valence electrons. The van der Waals surface area contributed by atoms with E-state index in [0.29, 0.717) is 19.0 Å². The zero-order valence-electron chi connectivity index (χ0n) is 16.0. The van der Waals surface area contributed by atoms with Crippen molar-refractivity contribution < 1.29 is 17.9 Å². The van der Waals surface area contributed by atoms with Crippen LogP contribution in [0.15, 0.2) is 29.3 Å². The number of hydrogen-bond acceptors (Lipinski definition) is 3. The molecule has 1 fully saturated rings. The smallest absolute Gasteiger partial charge is 0.390 e. The predicted molar refractivity (Wildman–Crippen MR) is 101 cm³/mol. The number of nitrogens with one attached hydrogen (secondary N) is 2. The Balaban J connectivity index is 2.10. The molecule has 1 aromatic rings. The third kappa shape index (κ3) is 7.28. The van der Waals surface area contributed by atoms with Crippen LogP contribution in [-0.4, -0.2) is 56.9 Å². The number of guanidine groups is 1. The average Bonchev–Trinajstić information content (AvgIpc) is 3.15. The van der Waals surface area contributed by atoms with Crippen LogP contribution in [0, 0.1) is 0 Å². The van der Waals surface area contributed by atoms with Gasteiger partial charge in [-0.2, -0.15) is 13.2 Å². The minimum atomic E-state index is -4.18. The minimum absolute atomic E-state index is 0.0701. The summed E-state index contributed by atoms with van der Waals surface area (Å²) in [5.74, 6) is 1.20. The molecule has 8 heteroatoms. The molecule has 0 aromatic heterocycles. The molecule has 27 heavy (non-hydrogen) atoms. The fourth-order valence-corrected chi connectivity index (χ4v) is 3.18. The number of aliphatic imine (C=N–C) groups is 1. The van der Waals surface area contributed by atoms with Crippen molar-refractivity contribution in [1.82, 2.24) is 15.5 Å². The maximum absolute atomic E-state index is 12.4. The van der Waals surface area contributed by atoms with Crippen molar-refractivity contribution in [3.05, 3.63) is 29.8 Å². The number of alkyl halides is 3. The molecule has 1 saturated heterocycles. The van der Waals surface area contributed by atoms with Crippen LogP contribution in [-0.2, 0) is 0 Å². The van der Waals surface area contributed by atoms with Gasteiger partial charge in [0.15, 0.2) is 5.96 Å². The number of benzene rings is 1. The number of rotatable bonds is 8. The zero-order chi connectivity index (χ0) is 19.7. The molecule has 2 N–H and O–H groups in total. The van der Waals surface area contributed by atoms with Crippen molar-refractivity contribution in [2.24, 2.45) is 4.99 Å². The number of ether oxygens (including phenoxy) is 1. The Morgan fingerprint density at radius 3 is 2.63 bits per heavy atom. The van der Waals surface area contributed by atoms with E-state index >= 15 is 0 Å². The summed E-state index contributed by atoms with van der Waals surface area (Å²) in [4.78, 5) is 6.93. The Morgan fingerprint density at radius 2 is 2.00 bits per heavy atom. The minimum Gasteiger partial charge on any atom is -0.497 e. The van der Waals surface area contributed by atoms with Gasteiger partial charge in [0.2, 0.25) is 0 Å². The van der Waals surface area contributed by atoms with Gasteiger partial charge in [0.25, 0.3) is 0 Å². The molecule has 5 nitrogen and oxygen atoms in total. The summed E-state index contributed by atoms with van der Waals surface area (Å²) in [6.07, 6.45) is -2.77. The van der Waals surface area contributed by atoms with E-state index < -0.39 is 12.6 Å². The van der Waals surface area contributed by atoms with Gasteiger partial charge in [-0.25, -0.2) is 0 Å². The third-order valence-electron chi connectivity index (χ3n) is 4.53. The van der Waals surface area contributed by atoms with Crippen LogP contribution in [0.3, 0.4) is 0 Å². The van der Waals surface area contributed by atoms with Crippen LogP contribution < -0.4 is 15.4 Å². The van der Waals surface area contributed by atoms with Crippen molar-refractivity contribution >= 4 is 5.96 Å². The van der Waals surface area contributed by atoms with Crippen LogP contribution >= 0.6 is 0 Å². The molecule has 1 aliphatic rings. The van der Waals surface area contributed by atoms with Gasteiger partial charge >= 0.3 is 6.18 Å². The molecule has 2 rings (SSSR count). The van der Waals surface area contributed by atoms with Crippen molar-refractivity contribution in [1.29, 1.82) is 0 Å². The quantitative estimate of drug-likeness (QED) is 0.532. The molecule has 0 spiro atoms. The first-order valence-corrected chi connectivity index (χ1v) is 9.40. The van der Waals surface area contributed by atoms with E-state index in [9.17, 15) is 13.2 Å². The molecular weight excluding hydrogens is 357 g/mol. The number of likely N-dealkylation sites (tertiary alicyclic amines) is 1.